The van der Waals surface area contributed by atoms with Crippen LogP contribution in [0.4, 0.5) is 5.69 Å². The molecule has 2 rings (SSSR count). The molecule has 1 atom stereocenters. The molecule has 0 saturated carbocycles. The summed E-state index contributed by atoms with van der Waals surface area (Å²) in [5, 5.41) is 10.2. The first-order valence-electron chi connectivity index (χ1n) is 6.66. The van der Waals surface area contributed by atoms with Gasteiger partial charge in [0.15, 0.2) is 0 Å². The summed E-state index contributed by atoms with van der Waals surface area (Å²) in [6.07, 6.45) is 1.26. The third-order valence-corrected chi connectivity index (χ3v) is 3.34. The number of nitrogens with zero attached hydrogens (tertiary/aromatic N) is 1. The zero-order chi connectivity index (χ0) is 13.7. The van der Waals surface area contributed by atoms with Crippen molar-refractivity contribution in [2.75, 3.05) is 19.0 Å². The van der Waals surface area contributed by atoms with Gasteiger partial charge in [-0.2, -0.15) is 0 Å². The summed E-state index contributed by atoms with van der Waals surface area (Å²) >= 11 is 0. The van der Waals surface area contributed by atoms with Gasteiger partial charge >= 0.3 is 0 Å². The maximum Gasteiger partial charge on any atom is 0.0793 e. The average Bonchev–Trinajstić information content (AvgIpc) is 2.46. The molecule has 1 unspecified atom stereocenters. The minimum atomic E-state index is -0.392. The molecular weight excluding hydrogens is 234 g/mol. The van der Waals surface area contributed by atoms with Crippen molar-refractivity contribution in [3.63, 3.8) is 0 Å². The predicted molar refractivity (Wildman–Crippen MR) is 80.5 cm³/mol. The number of hydrogen-bond acceptors (Lipinski definition) is 2. The number of aliphatic hydroxyl groups excluding tert-OH is 1. The van der Waals surface area contributed by atoms with Crippen LogP contribution in [0.1, 0.15) is 23.7 Å². The van der Waals surface area contributed by atoms with E-state index < -0.39 is 6.10 Å². The Morgan fingerprint density at radius 2 is 1.58 bits per heavy atom. The van der Waals surface area contributed by atoms with Gasteiger partial charge in [-0.15, -0.1) is 0 Å². The largest absolute Gasteiger partial charge is 0.388 e. The highest BCUT2D eigenvalue weighted by Gasteiger charge is 2.08. The Hall–Kier alpha value is -1.80. The second kappa shape index (κ2) is 6.39. The van der Waals surface area contributed by atoms with Crippen molar-refractivity contribution in [1.29, 1.82) is 0 Å². The smallest absolute Gasteiger partial charge is 0.0793 e. The molecule has 0 heterocycles. The molecule has 2 nitrogen and oxygen atoms in total. The predicted octanol–water partition coefficient (Wildman–Crippen LogP) is 3.42. The third kappa shape index (κ3) is 3.83. The second-order valence-electron chi connectivity index (χ2n) is 5.03. The fraction of sp³-hybridized carbons (Fsp3) is 0.294. The van der Waals surface area contributed by atoms with E-state index in [9.17, 15) is 5.11 Å². The molecule has 0 fully saturated rings. The molecule has 0 aromatic heterocycles. The second-order valence-corrected chi connectivity index (χ2v) is 5.03. The first kappa shape index (κ1) is 13.6. The minimum absolute atomic E-state index is 0.392. The van der Waals surface area contributed by atoms with Gasteiger partial charge < -0.3 is 10.0 Å². The Morgan fingerprint density at radius 1 is 0.947 bits per heavy atom. The van der Waals surface area contributed by atoms with E-state index in [1.54, 1.807) is 0 Å². The molecule has 2 heteroatoms. The maximum absolute atomic E-state index is 10.2. The lowest BCUT2D eigenvalue weighted by atomic mass is 10.0. The summed E-state index contributed by atoms with van der Waals surface area (Å²) < 4.78 is 0. The summed E-state index contributed by atoms with van der Waals surface area (Å²) in [4.78, 5) is 2.06. The standard InChI is InChI=1S/C17H21NO/c1-18(2)16-11-9-15(10-12-16)17(19)13-8-14-6-4-3-5-7-14/h3-7,9-12,17,19H,8,13H2,1-2H3. The van der Waals surface area contributed by atoms with Gasteiger partial charge in [-0.25, -0.2) is 0 Å². The fourth-order valence-electron chi connectivity index (χ4n) is 2.11. The van der Waals surface area contributed by atoms with E-state index in [4.69, 9.17) is 0 Å². The molecule has 0 spiro atoms. The van der Waals surface area contributed by atoms with E-state index in [1.807, 2.05) is 56.6 Å². The summed E-state index contributed by atoms with van der Waals surface area (Å²) in [6.45, 7) is 0. The number of benzene rings is 2. The van der Waals surface area contributed by atoms with E-state index in [2.05, 4.69) is 17.0 Å². The van der Waals surface area contributed by atoms with Gasteiger partial charge in [-0.1, -0.05) is 42.5 Å². The Kier molecular flexibility index (Phi) is 4.58. The molecule has 0 aliphatic carbocycles. The van der Waals surface area contributed by atoms with Gasteiger partial charge in [-0.3, -0.25) is 0 Å². The van der Waals surface area contributed by atoms with Gasteiger partial charge in [0.05, 0.1) is 6.10 Å². The molecule has 0 aliphatic rings. The first-order chi connectivity index (χ1) is 9.16. The molecule has 1 N–H and O–H groups in total. The SMILES string of the molecule is CN(C)c1ccc(C(O)CCc2ccccc2)cc1. The molecule has 0 bridgehead atoms. The zero-order valence-electron chi connectivity index (χ0n) is 11.6. The molecule has 0 saturated heterocycles. The maximum atomic E-state index is 10.2. The van der Waals surface area contributed by atoms with Crippen molar-refractivity contribution in [1.82, 2.24) is 0 Å². The topological polar surface area (TPSA) is 23.5 Å². The van der Waals surface area contributed by atoms with Gasteiger partial charge in [0.1, 0.15) is 0 Å². The van der Waals surface area contributed by atoms with Crippen LogP contribution in [-0.2, 0) is 6.42 Å². The molecule has 0 aliphatic heterocycles. The Morgan fingerprint density at radius 3 is 2.16 bits per heavy atom. The normalized spacial score (nSPS) is 12.2. The Balaban J connectivity index is 1.94. The van der Waals surface area contributed by atoms with Crippen molar-refractivity contribution in [2.24, 2.45) is 0 Å². The molecule has 2 aromatic carbocycles. The van der Waals surface area contributed by atoms with Crippen LogP contribution in [-0.4, -0.2) is 19.2 Å². The van der Waals surface area contributed by atoms with Crippen LogP contribution in [0.15, 0.2) is 54.6 Å². The van der Waals surface area contributed by atoms with Crippen LogP contribution in [0.5, 0.6) is 0 Å². The zero-order valence-corrected chi connectivity index (χ0v) is 11.6. The number of hydrogen-bond donors (Lipinski definition) is 1. The molecule has 0 amide bonds. The van der Waals surface area contributed by atoms with Crippen molar-refractivity contribution >= 4 is 5.69 Å². The fourth-order valence-corrected chi connectivity index (χ4v) is 2.11. The number of anilines is 1. The van der Waals surface area contributed by atoms with E-state index >= 15 is 0 Å². The Bertz CT molecular complexity index is 490. The summed E-state index contributed by atoms with van der Waals surface area (Å²) in [6, 6.07) is 18.4. The molecule has 19 heavy (non-hydrogen) atoms. The lowest BCUT2D eigenvalue weighted by molar-refractivity contribution is 0.168. The molecular formula is C17H21NO. The van der Waals surface area contributed by atoms with Gasteiger partial charge in [0, 0.05) is 19.8 Å². The van der Waals surface area contributed by atoms with Crippen LogP contribution in [0.2, 0.25) is 0 Å². The van der Waals surface area contributed by atoms with Crippen molar-refractivity contribution < 1.29 is 5.11 Å². The van der Waals surface area contributed by atoms with Crippen molar-refractivity contribution in [3.8, 4) is 0 Å². The van der Waals surface area contributed by atoms with Gasteiger partial charge in [0.25, 0.3) is 0 Å². The lowest BCUT2D eigenvalue weighted by Gasteiger charge is -2.15. The van der Waals surface area contributed by atoms with Crippen LogP contribution in [0.3, 0.4) is 0 Å². The number of rotatable bonds is 5. The third-order valence-electron chi connectivity index (χ3n) is 3.34. The molecule has 100 valence electrons. The van der Waals surface area contributed by atoms with E-state index in [0.717, 1.165) is 24.1 Å². The van der Waals surface area contributed by atoms with Gasteiger partial charge in [0.2, 0.25) is 0 Å². The minimum Gasteiger partial charge on any atom is -0.388 e. The van der Waals surface area contributed by atoms with Crippen LogP contribution in [0, 0.1) is 0 Å². The highest BCUT2D eigenvalue weighted by molar-refractivity contribution is 5.46. The van der Waals surface area contributed by atoms with E-state index in [-0.39, 0.29) is 0 Å². The monoisotopic (exact) mass is 255 g/mol. The lowest BCUT2D eigenvalue weighted by Crippen LogP contribution is -2.08. The molecule has 2 aromatic rings. The van der Waals surface area contributed by atoms with E-state index in [0.29, 0.717) is 0 Å². The Labute approximate surface area is 115 Å². The highest BCUT2D eigenvalue weighted by Crippen LogP contribution is 2.21. The van der Waals surface area contributed by atoms with E-state index in [1.165, 1.54) is 5.56 Å². The first-order valence-corrected chi connectivity index (χ1v) is 6.66. The number of aliphatic hydroxyl groups is 1. The van der Waals surface area contributed by atoms with Crippen molar-refractivity contribution in [2.45, 2.75) is 18.9 Å². The van der Waals surface area contributed by atoms with Crippen LogP contribution < -0.4 is 4.90 Å². The summed E-state index contributed by atoms with van der Waals surface area (Å²) in [5.41, 5.74) is 3.41. The summed E-state index contributed by atoms with van der Waals surface area (Å²) in [5.74, 6) is 0. The van der Waals surface area contributed by atoms with Gasteiger partial charge in [-0.05, 0) is 36.1 Å². The number of aryl methyl sites for hydroxylation is 1. The van der Waals surface area contributed by atoms with Crippen LogP contribution in [0.25, 0.3) is 0 Å². The summed E-state index contributed by atoms with van der Waals surface area (Å²) in [7, 11) is 4.03. The quantitative estimate of drug-likeness (QED) is 0.885. The average molecular weight is 255 g/mol. The van der Waals surface area contributed by atoms with Crippen molar-refractivity contribution in [3.05, 3.63) is 65.7 Å². The molecule has 0 radical (unpaired) electrons. The highest BCUT2D eigenvalue weighted by atomic mass is 16.3. The van der Waals surface area contributed by atoms with Crippen LogP contribution >= 0.6 is 0 Å².